The van der Waals surface area contributed by atoms with E-state index < -0.39 is 11.9 Å². The van der Waals surface area contributed by atoms with Crippen LogP contribution in [0.2, 0.25) is 0 Å². The predicted molar refractivity (Wildman–Crippen MR) is 91.8 cm³/mol. The maximum atomic E-state index is 12.8. The van der Waals surface area contributed by atoms with Gasteiger partial charge in [-0.05, 0) is 29.8 Å². The molecule has 3 heterocycles. The zero-order chi connectivity index (χ0) is 19.0. The lowest BCUT2D eigenvalue weighted by atomic mass is 9.89. The van der Waals surface area contributed by atoms with Crippen molar-refractivity contribution < 1.29 is 33.3 Å². The Bertz CT molecular complexity index is 875. The van der Waals surface area contributed by atoms with Crippen molar-refractivity contribution >= 4 is 11.9 Å². The molecule has 1 aromatic carbocycles. The third kappa shape index (κ3) is 3.23. The van der Waals surface area contributed by atoms with E-state index in [4.69, 9.17) is 18.6 Å². The number of furan rings is 1. The number of ether oxygens (including phenoxy) is 3. The zero-order valence-electron chi connectivity index (χ0n) is 14.7. The highest BCUT2D eigenvalue weighted by Gasteiger charge is 2.41. The van der Waals surface area contributed by atoms with Gasteiger partial charge in [-0.25, -0.2) is 0 Å². The molecule has 1 amide bonds. The third-order valence-corrected chi connectivity index (χ3v) is 4.91. The van der Waals surface area contributed by atoms with Crippen molar-refractivity contribution in [2.75, 3.05) is 27.0 Å². The minimum Gasteiger partial charge on any atom is -0.481 e. The molecule has 1 fully saturated rings. The van der Waals surface area contributed by atoms with Crippen LogP contribution in [0, 0.1) is 5.92 Å². The van der Waals surface area contributed by atoms with E-state index in [9.17, 15) is 14.7 Å². The molecule has 1 N–H and O–H groups in total. The molecule has 2 atom stereocenters. The monoisotopic (exact) mass is 373 g/mol. The summed E-state index contributed by atoms with van der Waals surface area (Å²) in [4.78, 5) is 26.0. The molecular weight excluding hydrogens is 354 g/mol. The Balaban J connectivity index is 1.56. The van der Waals surface area contributed by atoms with Crippen molar-refractivity contribution in [1.82, 2.24) is 4.90 Å². The minimum absolute atomic E-state index is 0.119. The van der Waals surface area contributed by atoms with Gasteiger partial charge >= 0.3 is 5.97 Å². The van der Waals surface area contributed by atoms with Crippen LogP contribution in [0.25, 0.3) is 0 Å². The molecule has 4 rings (SSSR count). The first-order chi connectivity index (χ1) is 13.1. The van der Waals surface area contributed by atoms with Gasteiger partial charge in [-0.2, -0.15) is 0 Å². The van der Waals surface area contributed by atoms with E-state index in [1.54, 1.807) is 24.3 Å². The number of fused-ring (bicyclic) bond motifs is 1. The average Bonchev–Trinajstić information content (AvgIpc) is 3.39. The lowest BCUT2D eigenvalue weighted by Crippen LogP contribution is -2.29. The van der Waals surface area contributed by atoms with Gasteiger partial charge in [-0.3, -0.25) is 9.59 Å². The van der Waals surface area contributed by atoms with Gasteiger partial charge in [-0.1, -0.05) is 6.07 Å². The Morgan fingerprint density at radius 3 is 2.78 bits per heavy atom. The fourth-order valence-electron chi connectivity index (χ4n) is 3.57. The third-order valence-electron chi connectivity index (χ3n) is 4.91. The molecule has 8 heteroatoms. The molecule has 8 nitrogen and oxygen atoms in total. The first-order valence-electron chi connectivity index (χ1n) is 8.56. The molecule has 2 aliphatic heterocycles. The Hall–Kier alpha value is -3.00. The summed E-state index contributed by atoms with van der Waals surface area (Å²) in [6.07, 6.45) is 0. The summed E-state index contributed by atoms with van der Waals surface area (Å²) >= 11 is 0. The van der Waals surface area contributed by atoms with Crippen molar-refractivity contribution in [3.05, 3.63) is 47.4 Å². The quantitative estimate of drug-likeness (QED) is 0.857. The Morgan fingerprint density at radius 1 is 1.19 bits per heavy atom. The van der Waals surface area contributed by atoms with Crippen LogP contribution >= 0.6 is 0 Å². The number of amides is 1. The number of likely N-dealkylation sites (tertiary alicyclic amines) is 1. The number of hydrogen-bond donors (Lipinski definition) is 1. The SMILES string of the molecule is COCc1ccc(C(=O)N2C[C@H](C(=O)O)[C@@H](c3ccc4c(c3)OCO4)C2)o1. The molecule has 142 valence electrons. The number of carbonyl (C=O) groups is 2. The summed E-state index contributed by atoms with van der Waals surface area (Å²) in [6, 6.07) is 8.65. The number of hydrogen-bond acceptors (Lipinski definition) is 6. The van der Waals surface area contributed by atoms with Gasteiger partial charge in [-0.15, -0.1) is 0 Å². The molecule has 2 aliphatic rings. The fourth-order valence-corrected chi connectivity index (χ4v) is 3.57. The van der Waals surface area contributed by atoms with Gasteiger partial charge < -0.3 is 28.6 Å². The number of aliphatic carboxylic acids is 1. The lowest BCUT2D eigenvalue weighted by molar-refractivity contribution is -0.141. The second-order valence-electron chi connectivity index (χ2n) is 6.57. The van der Waals surface area contributed by atoms with Crippen LogP contribution in [-0.4, -0.2) is 48.9 Å². The van der Waals surface area contributed by atoms with Crippen LogP contribution in [0.3, 0.4) is 0 Å². The minimum atomic E-state index is -0.938. The average molecular weight is 373 g/mol. The molecule has 0 unspecified atom stereocenters. The van der Waals surface area contributed by atoms with Gasteiger partial charge in [0.15, 0.2) is 17.3 Å². The first kappa shape index (κ1) is 17.4. The van der Waals surface area contributed by atoms with Crippen molar-refractivity contribution in [2.45, 2.75) is 12.5 Å². The Labute approximate surface area is 155 Å². The summed E-state index contributed by atoms with van der Waals surface area (Å²) in [7, 11) is 1.54. The van der Waals surface area contributed by atoms with Gasteiger partial charge in [0, 0.05) is 26.1 Å². The number of carboxylic acids is 1. The molecule has 1 saturated heterocycles. The Kier molecular flexibility index (Phi) is 4.49. The fraction of sp³-hybridized carbons (Fsp3) is 0.368. The molecule has 0 bridgehead atoms. The largest absolute Gasteiger partial charge is 0.481 e. The summed E-state index contributed by atoms with van der Waals surface area (Å²) in [6.45, 7) is 0.826. The molecule has 1 aromatic heterocycles. The number of benzene rings is 1. The summed E-state index contributed by atoms with van der Waals surface area (Å²) in [5.74, 6) is -0.356. The van der Waals surface area contributed by atoms with Gasteiger partial charge in [0.25, 0.3) is 5.91 Å². The van der Waals surface area contributed by atoms with E-state index in [2.05, 4.69) is 0 Å². The van der Waals surface area contributed by atoms with Crippen molar-refractivity contribution in [1.29, 1.82) is 0 Å². The highest BCUT2D eigenvalue weighted by Crippen LogP contribution is 2.39. The zero-order valence-corrected chi connectivity index (χ0v) is 14.7. The van der Waals surface area contributed by atoms with Gasteiger partial charge in [0.05, 0.1) is 5.92 Å². The summed E-state index contributed by atoms with van der Waals surface area (Å²) in [5.41, 5.74) is 0.807. The standard InChI is InChI=1S/C19H19NO7/c1-24-9-12-3-5-16(27-12)18(21)20-7-13(14(8-20)19(22)23)11-2-4-15-17(6-11)26-10-25-15/h2-6,13-14H,7-10H2,1H3,(H,22,23)/t13-,14+/m1/s1. The Morgan fingerprint density at radius 2 is 2.00 bits per heavy atom. The summed E-state index contributed by atoms with van der Waals surface area (Å²) < 4.78 is 21.2. The van der Waals surface area contributed by atoms with Crippen LogP contribution in [-0.2, 0) is 16.1 Å². The highest BCUT2D eigenvalue weighted by atomic mass is 16.7. The van der Waals surface area contributed by atoms with E-state index in [-0.39, 0.29) is 44.1 Å². The van der Waals surface area contributed by atoms with Crippen molar-refractivity contribution in [3.8, 4) is 11.5 Å². The second kappa shape index (κ2) is 6.96. The van der Waals surface area contributed by atoms with Crippen molar-refractivity contribution in [3.63, 3.8) is 0 Å². The topological polar surface area (TPSA) is 98.4 Å². The predicted octanol–water partition coefficient (Wildman–Crippen LogP) is 2.10. The van der Waals surface area contributed by atoms with E-state index in [0.717, 1.165) is 5.56 Å². The molecule has 2 aromatic rings. The number of carboxylic acid groups (broad SMARTS) is 1. The van der Waals surface area contributed by atoms with Crippen LogP contribution in [0.5, 0.6) is 11.5 Å². The first-order valence-corrected chi connectivity index (χ1v) is 8.56. The number of carbonyl (C=O) groups excluding carboxylic acids is 1. The van der Waals surface area contributed by atoms with Gasteiger partial charge in [0.1, 0.15) is 12.4 Å². The van der Waals surface area contributed by atoms with E-state index in [1.807, 2.05) is 6.07 Å². The molecule has 27 heavy (non-hydrogen) atoms. The van der Waals surface area contributed by atoms with Crippen LogP contribution in [0.1, 0.15) is 27.8 Å². The number of nitrogens with zero attached hydrogens (tertiary/aromatic N) is 1. The molecule has 0 saturated carbocycles. The summed E-state index contributed by atoms with van der Waals surface area (Å²) in [5, 5.41) is 9.65. The maximum Gasteiger partial charge on any atom is 0.308 e. The highest BCUT2D eigenvalue weighted by molar-refractivity contribution is 5.92. The molecule has 0 radical (unpaired) electrons. The van der Waals surface area contributed by atoms with Crippen LogP contribution in [0.15, 0.2) is 34.7 Å². The molecular formula is C19H19NO7. The smallest absolute Gasteiger partial charge is 0.308 e. The second-order valence-corrected chi connectivity index (χ2v) is 6.57. The maximum absolute atomic E-state index is 12.8. The molecule has 0 aliphatic carbocycles. The molecule has 0 spiro atoms. The normalized spacial score (nSPS) is 20.9. The van der Waals surface area contributed by atoms with Gasteiger partial charge in [0.2, 0.25) is 6.79 Å². The number of rotatable bonds is 5. The van der Waals surface area contributed by atoms with Crippen LogP contribution < -0.4 is 9.47 Å². The van der Waals surface area contributed by atoms with Crippen LogP contribution in [0.4, 0.5) is 0 Å². The number of methoxy groups -OCH3 is 1. The lowest BCUT2D eigenvalue weighted by Gasteiger charge is -2.16. The van der Waals surface area contributed by atoms with E-state index in [1.165, 1.54) is 12.0 Å². The van der Waals surface area contributed by atoms with E-state index in [0.29, 0.717) is 17.3 Å². The van der Waals surface area contributed by atoms with Crippen molar-refractivity contribution in [2.24, 2.45) is 5.92 Å². The van der Waals surface area contributed by atoms with E-state index >= 15 is 0 Å².